The van der Waals surface area contributed by atoms with Crippen LogP contribution in [0.5, 0.6) is 0 Å². The van der Waals surface area contributed by atoms with Crippen molar-refractivity contribution in [2.45, 2.75) is 25.8 Å². The van der Waals surface area contributed by atoms with Crippen molar-refractivity contribution in [3.63, 3.8) is 0 Å². The maximum atomic E-state index is 12.0. The molecule has 2 amide bonds. The molecule has 21 heavy (non-hydrogen) atoms. The molecule has 2 heterocycles. The summed E-state index contributed by atoms with van der Waals surface area (Å²) in [6, 6.07) is -0.706. The Hall–Kier alpha value is -2.09. The van der Waals surface area contributed by atoms with E-state index in [9.17, 15) is 14.4 Å². The number of carbonyl (C=O) groups excluding carboxylic acids is 2. The van der Waals surface area contributed by atoms with E-state index in [0.717, 1.165) is 4.90 Å². The van der Waals surface area contributed by atoms with Crippen molar-refractivity contribution in [3.8, 4) is 0 Å². The lowest BCUT2D eigenvalue weighted by Gasteiger charge is -2.28. The Morgan fingerprint density at radius 3 is 2.81 bits per heavy atom. The van der Waals surface area contributed by atoms with Gasteiger partial charge in [0.1, 0.15) is 0 Å². The third-order valence-electron chi connectivity index (χ3n) is 3.30. The first-order chi connectivity index (χ1) is 9.92. The molecule has 0 bridgehead atoms. The van der Waals surface area contributed by atoms with Crippen LogP contribution in [0.2, 0.25) is 5.15 Å². The van der Waals surface area contributed by atoms with Gasteiger partial charge in [-0.15, -0.1) is 0 Å². The van der Waals surface area contributed by atoms with Gasteiger partial charge in [-0.2, -0.15) is 0 Å². The number of likely N-dealkylation sites (tertiary alicyclic amines) is 1. The molecule has 1 aliphatic rings. The first-order valence-corrected chi connectivity index (χ1v) is 6.86. The zero-order valence-corrected chi connectivity index (χ0v) is 12.1. The van der Waals surface area contributed by atoms with Gasteiger partial charge in [-0.1, -0.05) is 18.5 Å². The molecule has 1 aromatic rings. The monoisotopic (exact) mass is 314 g/mol. The van der Waals surface area contributed by atoms with Crippen molar-refractivity contribution < 1.29 is 19.5 Å². The normalized spacial score (nSPS) is 18.7. The second-order valence-corrected chi connectivity index (χ2v) is 5.05. The Kier molecular flexibility index (Phi) is 4.46. The highest BCUT2D eigenvalue weighted by molar-refractivity contribution is 6.30. The highest BCUT2D eigenvalue weighted by Gasteiger charge is 2.31. The van der Waals surface area contributed by atoms with Gasteiger partial charge in [0, 0.05) is 6.54 Å². The number of H-pyrrole nitrogens is 1. The number of imidazole rings is 1. The van der Waals surface area contributed by atoms with Crippen molar-refractivity contribution in [2.75, 3.05) is 13.1 Å². The lowest BCUT2D eigenvalue weighted by molar-refractivity contribution is -0.123. The van der Waals surface area contributed by atoms with Crippen LogP contribution in [0.4, 0.5) is 4.79 Å². The van der Waals surface area contributed by atoms with Gasteiger partial charge in [-0.3, -0.25) is 9.59 Å². The summed E-state index contributed by atoms with van der Waals surface area (Å²) in [5.41, 5.74) is 0.647. The Morgan fingerprint density at radius 1 is 1.57 bits per heavy atom. The highest BCUT2D eigenvalue weighted by atomic mass is 35.5. The lowest BCUT2D eigenvalue weighted by Crippen LogP contribution is -2.52. The molecule has 9 heteroatoms. The number of aryl methyl sites for hydroxylation is 1. The largest absolute Gasteiger partial charge is 0.465 e. The fourth-order valence-electron chi connectivity index (χ4n) is 2.10. The SMILES string of the molecule is CCc1[nH]c(C(=O)NC2CCN(C(=O)O)CC2=O)nc1Cl. The molecule has 0 radical (unpaired) electrons. The molecule has 1 aromatic heterocycles. The predicted octanol–water partition coefficient (Wildman–Crippen LogP) is 0.677. The van der Waals surface area contributed by atoms with Gasteiger partial charge in [-0.25, -0.2) is 9.78 Å². The molecule has 0 spiro atoms. The maximum Gasteiger partial charge on any atom is 0.407 e. The van der Waals surface area contributed by atoms with E-state index in [1.807, 2.05) is 6.92 Å². The number of carbonyl (C=O) groups is 3. The quantitative estimate of drug-likeness (QED) is 0.758. The van der Waals surface area contributed by atoms with Crippen LogP contribution in [0.25, 0.3) is 0 Å². The van der Waals surface area contributed by atoms with Gasteiger partial charge in [0.2, 0.25) is 0 Å². The van der Waals surface area contributed by atoms with Gasteiger partial charge in [0.05, 0.1) is 18.3 Å². The number of nitrogens with one attached hydrogen (secondary N) is 2. The van der Waals surface area contributed by atoms with Crippen molar-refractivity contribution in [3.05, 3.63) is 16.7 Å². The van der Waals surface area contributed by atoms with E-state index in [-0.39, 0.29) is 36.3 Å². The zero-order valence-electron chi connectivity index (χ0n) is 11.4. The minimum absolute atomic E-state index is 0.0466. The third-order valence-corrected chi connectivity index (χ3v) is 3.61. The maximum absolute atomic E-state index is 12.0. The number of aromatic nitrogens is 2. The number of Topliss-reactive ketones (excluding diaryl/α,β-unsaturated/α-hetero) is 1. The van der Waals surface area contributed by atoms with Crippen molar-refractivity contribution in [1.29, 1.82) is 0 Å². The van der Waals surface area contributed by atoms with E-state index in [4.69, 9.17) is 16.7 Å². The number of amides is 2. The number of hydrogen-bond acceptors (Lipinski definition) is 4. The van der Waals surface area contributed by atoms with Crippen LogP contribution < -0.4 is 5.32 Å². The molecule has 0 saturated carbocycles. The van der Waals surface area contributed by atoms with E-state index in [1.54, 1.807) is 0 Å². The number of aromatic amines is 1. The van der Waals surface area contributed by atoms with Gasteiger partial charge >= 0.3 is 6.09 Å². The summed E-state index contributed by atoms with van der Waals surface area (Å²) in [6.07, 6.45) is -0.292. The molecule has 1 saturated heterocycles. The Bertz CT molecular complexity index is 586. The first-order valence-electron chi connectivity index (χ1n) is 6.48. The summed E-state index contributed by atoms with van der Waals surface area (Å²) in [6.45, 7) is 1.84. The third kappa shape index (κ3) is 3.33. The number of hydrogen-bond donors (Lipinski definition) is 3. The Balaban J connectivity index is 2.00. The van der Waals surface area contributed by atoms with Gasteiger partial charge in [0.25, 0.3) is 5.91 Å². The molecule has 0 aromatic carbocycles. The molecule has 8 nitrogen and oxygen atoms in total. The fraction of sp³-hybridized carbons (Fsp3) is 0.500. The first kappa shape index (κ1) is 15.3. The molecule has 1 fully saturated rings. The standard InChI is InChI=1S/C12H15ClN4O4/c1-2-6-9(13)16-10(14-6)11(19)15-7-3-4-17(12(20)21)5-8(7)18/h7H,2-5H2,1H3,(H,14,16)(H,15,19)(H,20,21). The summed E-state index contributed by atoms with van der Waals surface area (Å²) >= 11 is 5.85. The Morgan fingerprint density at radius 2 is 2.29 bits per heavy atom. The molecule has 0 aliphatic carbocycles. The lowest BCUT2D eigenvalue weighted by atomic mass is 10.0. The number of piperidine rings is 1. The summed E-state index contributed by atoms with van der Waals surface area (Å²) < 4.78 is 0. The topological polar surface area (TPSA) is 115 Å². The van der Waals surface area contributed by atoms with Gasteiger partial charge < -0.3 is 20.3 Å². The van der Waals surface area contributed by atoms with Crippen LogP contribution in [0.1, 0.15) is 29.7 Å². The molecule has 1 atom stereocenters. The summed E-state index contributed by atoms with van der Waals surface area (Å²) in [7, 11) is 0. The van der Waals surface area contributed by atoms with Crippen LogP contribution in [-0.4, -0.2) is 56.9 Å². The molecule has 2 rings (SSSR count). The Labute approximate surface area is 125 Å². The fourth-order valence-corrected chi connectivity index (χ4v) is 2.36. The minimum atomic E-state index is -1.14. The number of ketones is 1. The summed E-state index contributed by atoms with van der Waals surface area (Å²) in [4.78, 5) is 42.3. The summed E-state index contributed by atoms with van der Waals surface area (Å²) in [5, 5.41) is 11.6. The second kappa shape index (κ2) is 6.13. The highest BCUT2D eigenvalue weighted by Crippen LogP contribution is 2.14. The van der Waals surface area contributed by atoms with Crippen LogP contribution in [0.3, 0.4) is 0 Å². The number of nitrogens with zero attached hydrogens (tertiary/aromatic N) is 2. The molecular weight excluding hydrogens is 300 g/mol. The van der Waals surface area contributed by atoms with Crippen LogP contribution >= 0.6 is 11.6 Å². The molecule has 3 N–H and O–H groups in total. The van der Waals surface area contributed by atoms with E-state index >= 15 is 0 Å². The van der Waals surface area contributed by atoms with Crippen molar-refractivity contribution >= 4 is 29.4 Å². The summed E-state index contributed by atoms with van der Waals surface area (Å²) in [5.74, 6) is -0.825. The average Bonchev–Trinajstić information content (AvgIpc) is 2.82. The zero-order chi connectivity index (χ0) is 15.6. The second-order valence-electron chi connectivity index (χ2n) is 4.69. The molecule has 1 aliphatic heterocycles. The average molecular weight is 315 g/mol. The number of halogens is 1. The van der Waals surface area contributed by atoms with Gasteiger partial charge in [0.15, 0.2) is 16.8 Å². The number of rotatable bonds is 3. The number of carboxylic acid groups (broad SMARTS) is 1. The predicted molar refractivity (Wildman–Crippen MR) is 73.5 cm³/mol. The van der Waals surface area contributed by atoms with Gasteiger partial charge in [-0.05, 0) is 12.8 Å². The molecule has 1 unspecified atom stereocenters. The minimum Gasteiger partial charge on any atom is -0.465 e. The van der Waals surface area contributed by atoms with Crippen molar-refractivity contribution in [2.24, 2.45) is 0 Å². The molecule has 114 valence electrons. The van der Waals surface area contributed by atoms with E-state index < -0.39 is 18.0 Å². The van der Waals surface area contributed by atoms with Crippen LogP contribution in [0, 0.1) is 0 Å². The van der Waals surface area contributed by atoms with Crippen molar-refractivity contribution in [1.82, 2.24) is 20.2 Å². The molecular formula is C12H15ClN4O4. The van der Waals surface area contributed by atoms with E-state index in [2.05, 4.69) is 15.3 Å². The van der Waals surface area contributed by atoms with Crippen LogP contribution in [-0.2, 0) is 11.2 Å². The smallest absolute Gasteiger partial charge is 0.407 e. The van der Waals surface area contributed by atoms with E-state index in [0.29, 0.717) is 12.1 Å². The van der Waals surface area contributed by atoms with E-state index in [1.165, 1.54) is 0 Å². The van der Waals surface area contributed by atoms with Crippen LogP contribution in [0.15, 0.2) is 0 Å².